The van der Waals surface area contributed by atoms with Crippen LogP contribution in [-0.4, -0.2) is 36.8 Å². The van der Waals surface area contributed by atoms with Gasteiger partial charge in [0.15, 0.2) is 9.63 Å². The van der Waals surface area contributed by atoms with Crippen molar-refractivity contribution in [3.8, 4) is 0 Å². The average molecular weight is 472 g/mol. The third kappa shape index (κ3) is 5.70. The molecule has 0 bridgehead atoms. The Hall–Kier alpha value is -2.12. The van der Waals surface area contributed by atoms with Crippen LogP contribution in [0, 0.1) is 0 Å². The third-order valence-corrected chi connectivity index (χ3v) is 4.60. The number of amidine groups is 1. The van der Waals surface area contributed by atoms with Gasteiger partial charge in [-0.2, -0.15) is 5.01 Å². The van der Waals surface area contributed by atoms with Gasteiger partial charge in [-0.05, 0) is 18.2 Å². The first-order chi connectivity index (χ1) is 13.7. The molecule has 0 spiro atoms. The molecule has 10 heteroatoms. The number of amides is 2. The van der Waals surface area contributed by atoms with Crippen LogP contribution in [0.5, 0.6) is 0 Å². The minimum Gasteiger partial charge on any atom is -0.272 e. The molecule has 29 heavy (non-hydrogen) atoms. The minimum absolute atomic E-state index is 0.107. The molecular weight excluding hydrogens is 458 g/mol. The van der Waals surface area contributed by atoms with Gasteiger partial charge in [0.25, 0.3) is 11.8 Å². The van der Waals surface area contributed by atoms with Crippen molar-refractivity contribution in [3.05, 3.63) is 71.7 Å². The lowest BCUT2D eigenvalue weighted by Crippen LogP contribution is -2.50. The Bertz CT molecular complexity index is 959. The largest absolute Gasteiger partial charge is 0.297 e. The Kier molecular flexibility index (Phi) is 6.80. The van der Waals surface area contributed by atoms with Crippen LogP contribution in [0.3, 0.4) is 0 Å². The third-order valence-electron chi connectivity index (χ3n) is 3.78. The highest BCUT2D eigenvalue weighted by molar-refractivity contribution is 6.67. The predicted molar refractivity (Wildman–Crippen MR) is 115 cm³/mol. The average Bonchev–Trinajstić information content (AvgIpc) is 2.98. The Morgan fingerprint density at radius 3 is 2.45 bits per heavy atom. The van der Waals surface area contributed by atoms with E-state index in [4.69, 9.17) is 46.4 Å². The van der Waals surface area contributed by atoms with Gasteiger partial charge in [-0.15, -0.1) is 11.6 Å². The number of alkyl halides is 4. The molecule has 0 fully saturated rings. The molecule has 0 saturated carbocycles. The second-order valence-electron chi connectivity index (χ2n) is 5.99. The summed E-state index contributed by atoms with van der Waals surface area (Å²) in [6.45, 7) is 0. The van der Waals surface area contributed by atoms with Crippen molar-refractivity contribution in [2.75, 3.05) is 0 Å². The lowest BCUT2D eigenvalue weighted by Gasteiger charge is -2.22. The summed E-state index contributed by atoms with van der Waals surface area (Å²) in [4.78, 5) is 33.9. The number of rotatable bonds is 5. The van der Waals surface area contributed by atoms with E-state index < -0.39 is 21.0 Å². The van der Waals surface area contributed by atoms with Crippen LogP contribution in [0.25, 0.3) is 6.08 Å². The fourth-order valence-electron chi connectivity index (χ4n) is 2.48. The van der Waals surface area contributed by atoms with Gasteiger partial charge in [-0.3, -0.25) is 20.0 Å². The van der Waals surface area contributed by atoms with E-state index in [2.05, 4.69) is 15.4 Å². The molecule has 0 aliphatic carbocycles. The number of hydrogen-bond acceptors (Lipinski definition) is 4. The Balaban J connectivity index is 1.90. The Morgan fingerprint density at radius 2 is 1.83 bits per heavy atom. The van der Waals surface area contributed by atoms with E-state index in [0.717, 1.165) is 5.01 Å². The Morgan fingerprint density at radius 1 is 1.14 bits per heavy atom. The van der Waals surface area contributed by atoms with Crippen LogP contribution < -0.4 is 5.43 Å². The van der Waals surface area contributed by atoms with Gasteiger partial charge in [0, 0.05) is 18.2 Å². The van der Waals surface area contributed by atoms with Gasteiger partial charge >= 0.3 is 0 Å². The zero-order valence-electron chi connectivity index (χ0n) is 14.7. The number of nitrogens with zero attached hydrogens (tertiary/aromatic N) is 3. The molecule has 2 aromatic rings. The number of benzene rings is 1. The fourth-order valence-corrected chi connectivity index (χ4v) is 3.46. The number of carbonyl (C=O) groups excluding carboxylic acids is 2. The second kappa shape index (κ2) is 9.13. The SMILES string of the molecule is O=C(NN1C(=O)/C(=C/c2ccccn2)N=C1c1ccccc1)[C@@H](Cl)CC(Cl)(Cl)Cl. The minimum atomic E-state index is -1.71. The van der Waals surface area contributed by atoms with Gasteiger partial charge in [-0.1, -0.05) is 71.2 Å². The highest BCUT2D eigenvalue weighted by Crippen LogP contribution is 2.33. The molecule has 1 aromatic heterocycles. The molecule has 0 unspecified atom stereocenters. The van der Waals surface area contributed by atoms with Gasteiger partial charge < -0.3 is 0 Å². The number of aromatic nitrogens is 1. The summed E-state index contributed by atoms with van der Waals surface area (Å²) in [6, 6.07) is 14.2. The fraction of sp³-hybridized carbons (Fsp3) is 0.158. The van der Waals surface area contributed by atoms with E-state index >= 15 is 0 Å². The normalized spacial score (nSPS) is 16.7. The first-order valence-corrected chi connectivity index (χ1v) is 9.94. The first-order valence-electron chi connectivity index (χ1n) is 8.37. The summed E-state index contributed by atoms with van der Waals surface area (Å²) in [5, 5.41) is -0.142. The van der Waals surface area contributed by atoms with Crippen LogP contribution in [0.2, 0.25) is 0 Å². The summed E-state index contributed by atoms with van der Waals surface area (Å²) in [5.74, 6) is -1.00. The molecule has 6 nitrogen and oxygen atoms in total. The lowest BCUT2D eigenvalue weighted by molar-refractivity contribution is -0.133. The monoisotopic (exact) mass is 470 g/mol. The summed E-state index contributed by atoms with van der Waals surface area (Å²) < 4.78 is -1.71. The highest BCUT2D eigenvalue weighted by Gasteiger charge is 2.35. The molecule has 0 saturated heterocycles. The van der Waals surface area contributed by atoms with Crippen LogP contribution in [0.1, 0.15) is 17.7 Å². The van der Waals surface area contributed by atoms with Crippen LogP contribution in [0.15, 0.2) is 65.4 Å². The quantitative estimate of drug-likeness (QED) is 0.526. The number of carbonyl (C=O) groups is 2. The molecule has 3 rings (SSSR count). The Labute approximate surface area is 187 Å². The van der Waals surface area contributed by atoms with Crippen molar-refractivity contribution in [2.24, 2.45) is 4.99 Å². The van der Waals surface area contributed by atoms with E-state index in [1.807, 2.05) is 6.07 Å². The van der Waals surface area contributed by atoms with Crippen LogP contribution in [-0.2, 0) is 9.59 Å². The maximum Gasteiger partial charge on any atom is 0.297 e. The van der Waals surface area contributed by atoms with E-state index in [9.17, 15) is 9.59 Å². The van der Waals surface area contributed by atoms with Crippen molar-refractivity contribution in [3.63, 3.8) is 0 Å². The topological polar surface area (TPSA) is 74.7 Å². The standard InChI is InChI=1S/C19H14Cl4N4O2/c20-14(11-19(21,22)23)17(28)26-27-16(12-6-2-1-3-7-12)25-15(18(27)29)10-13-8-4-5-9-24-13/h1-10,14H,11H2,(H,26,28)/b15-10-/t14-/m0/s1. The van der Waals surface area contributed by atoms with E-state index in [1.54, 1.807) is 48.7 Å². The number of halogens is 4. The summed E-state index contributed by atoms with van der Waals surface area (Å²) in [6.07, 6.45) is 2.89. The van der Waals surface area contributed by atoms with E-state index in [1.165, 1.54) is 6.08 Å². The van der Waals surface area contributed by atoms with Crippen molar-refractivity contribution < 1.29 is 9.59 Å². The zero-order valence-corrected chi connectivity index (χ0v) is 17.8. The number of hydrazine groups is 1. The summed E-state index contributed by atoms with van der Waals surface area (Å²) in [5.41, 5.74) is 3.74. The molecule has 0 radical (unpaired) electrons. The molecule has 1 aliphatic heterocycles. The number of hydrogen-bond donors (Lipinski definition) is 1. The van der Waals surface area contributed by atoms with Crippen molar-refractivity contribution in [1.82, 2.24) is 15.4 Å². The second-order valence-corrected chi connectivity index (χ2v) is 9.03. The van der Waals surface area contributed by atoms with Gasteiger partial charge in [0.1, 0.15) is 11.1 Å². The molecule has 150 valence electrons. The van der Waals surface area contributed by atoms with Crippen LogP contribution in [0.4, 0.5) is 0 Å². The van der Waals surface area contributed by atoms with Gasteiger partial charge in [0.2, 0.25) is 0 Å². The van der Waals surface area contributed by atoms with Crippen LogP contribution >= 0.6 is 46.4 Å². The van der Waals surface area contributed by atoms with Gasteiger partial charge in [0.05, 0.1) is 5.69 Å². The predicted octanol–water partition coefficient (Wildman–Crippen LogP) is 4.11. The van der Waals surface area contributed by atoms with E-state index in [-0.39, 0.29) is 18.0 Å². The lowest BCUT2D eigenvalue weighted by atomic mass is 10.2. The first kappa shape index (κ1) is 21.6. The molecule has 2 heterocycles. The molecule has 2 amide bonds. The summed E-state index contributed by atoms with van der Waals surface area (Å²) in [7, 11) is 0. The molecule has 1 aliphatic rings. The maximum atomic E-state index is 12.9. The zero-order chi connectivity index (χ0) is 21.0. The smallest absolute Gasteiger partial charge is 0.272 e. The van der Waals surface area contributed by atoms with Crippen molar-refractivity contribution in [2.45, 2.75) is 15.6 Å². The molecule has 1 N–H and O–H groups in total. The number of nitrogens with one attached hydrogen (secondary N) is 1. The molecule has 1 atom stereocenters. The van der Waals surface area contributed by atoms with Crippen molar-refractivity contribution >= 4 is 70.1 Å². The van der Waals surface area contributed by atoms with Crippen molar-refractivity contribution in [1.29, 1.82) is 0 Å². The maximum absolute atomic E-state index is 12.9. The molecule has 1 aromatic carbocycles. The van der Waals surface area contributed by atoms with Gasteiger partial charge in [-0.25, -0.2) is 4.99 Å². The highest BCUT2D eigenvalue weighted by atomic mass is 35.6. The number of pyridine rings is 1. The molecular formula is C19H14Cl4N4O2. The summed E-state index contributed by atoms with van der Waals surface area (Å²) >= 11 is 23.1. The van der Waals surface area contributed by atoms with E-state index in [0.29, 0.717) is 11.3 Å². The number of aliphatic imine (C=N–C) groups is 1.